The molecule has 1 atom stereocenters. The Balaban J connectivity index is 1.61. The lowest BCUT2D eigenvalue weighted by molar-refractivity contribution is -0.133. The van der Waals surface area contributed by atoms with Gasteiger partial charge in [0, 0.05) is 19.6 Å². The molecule has 26 heavy (non-hydrogen) atoms. The highest BCUT2D eigenvalue weighted by molar-refractivity contribution is 5.82. The lowest BCUT2D eigenvalue weighted by Crippen LogP contribution is -2.45. The molecule has 0 aliphatic carbocycles. The SMILES string of the molecule is CC(C)CN(C/C=C/c1ccccc1)C(=O)[C@@H]1CC2(CCNCC2)CN1. The van der Waals surface area contributed by atoms with E-state index in [1.807, 2.05) is 23.1 Å². The van der Waals surface area contributed by atoms with Crippen molar-refractivity contribution >= 4 is 12.0 Å². The van der Waals surface area contributed by atoms with E-state index in [2.05, 4.69) is 48.8 Å². The molecule has 142 valence electrons. The topological polar surface area (TPSA) is 44.4 Å². The number of nitrogens with zero attached hydrogens (tertiary/aromatic N) is 1. The van der Waals surface area contributed by atoms with Gasteiger partial charge in [-0.15, -0.1) is 0 Å². The molecule has 0 radical (unpaired) electrons. The minimum atomic E-state index is -0.0167. The molecule has 1 aromatic carbocycles. The van der Waals surface area contributed by atoms with Gasteiger partial charge in [0.15, 0.2) is 0 Å². The number of nitrogens with one attached hydrogen (secondary N) is 2. The third kappa shape index (κ3) is 4.95. The van der Waals surface area contributed by atoms with E-state index in [0.717, 1.165) is 32.6 Å². The van der Waals surface area contributed by atoms with Gasteiger partial charge >= 0.3 is 0 Å². The molecule has 0 unspecified atom stereocenters. The van der Waals surface area contributed by atoms with E-state index in [9.17, 15) is 4.79 Å². The van der Waals surface area contributed by atoms with Crippen LogP contribution in [0.2, 0.25) is 0 Å². The fraction of sp³-hybridized carbons (Fsp3) is 0.591. The van der Waals surface area contributed by atoms with Gasteiger partial charge in [-0.1, -0.05) is 56.3 Å². The summed E-state index contributed by atoms with van der Waals surface area (Å²) in [6.45, 7) is 9.00. The number of carbonyl (C=O) groups excluding carboxylic acids is 1. The molecule has 1 aromatic rings. The first-order valence-corrected chi connectivity index (χ1v) is 10.0. The zero-order valence-electron chi connectivity index (χ0n) is 16.2. The Morgan fingerprint density at radius 1 is 1.27 bits per heavy atom. The van der Waals surface area contributed by atoms with Crippen LogP contribution in [0.15, 0.2) is 36.4 Å². The average molecular weight is 356 g/mol. The summed E-state index contributed by atoms with van der Waals surface area (Å²) in [6, 6.07) is 10.3. The standard InChI is InChI=1S/C22H33N3O/c1-18(2)16-25(14-6-9-19-7-4-3-5-8-19)21(26)20-15-22(17-24-20)10-12-23-13-11-22/h3-9,18,20,23-24H,10-17H2,1-2H3/b9-6+/t20-/m0/s1. The highest BCUT2D eigenvalue weighted by Gasteiger charge is 2.43. The van der Waals surface area contributed by atoms with Crippen molar-refractivity contribution in [1.29, 1.82) is 0 Å². The fourth-order valence-corrected chi connectivity index (χ4v) is 4.23. The zero-order valence-corrected chi connectivity index (χ0v) is 16.2. The number of piperidine rings is 1. The van der Waals surface area contributed by atoms with E-state index in [1.165, 1.54) is 18.4 Å². The minimum absolute atomic E-state index is 0.0167. The van der Waals surface area contributed by atoms with Gasteiger partial charge in [-0.25, -0.2) is 0 Å². The van der Waals surface area contributed by atoms with Crippen molar-refractivity contribution in [1.82, 2.24) is 15.5 Å². The molecule has 0 aromatic heterocycles. The van der Waals surface area contributed by atoms with Crippen LogP contribution < -0.4 is 10.6 Å². The van der Waals surface area contributed by atoms with Crippen molar-refractivity contribution in [3.05, 3.63) is 42.0 Å². The van der Waals surface area contributed by atoms with E-state index in [0.29, 0.717) is 17.9 Å². The third-order valence-corrected chi connectivity index (χ3v) is 5.66. The molecule has 2 heterocycles. The maximum absolute atomic E-state index is 13.2. The summed E-state index contributed by atoms with van der Waals surface area (Å²) in [5.41, 5.74) is 1.51. The van der Waals surface area contributed by atoms with Gasteiger partial charge in [-0.3, -0.25) is 4.79 Å². The second kappa shape index (κ2) is 8.83. The Morgan fingerprint density at radius 2 is 2.00 bits per heavy atom. The second-order valence-corrected chi connectivity index (χ2v) is 8.34. The molecule has 0 saturated carbocycles. The molecule has 4 nitrogen and oxygen atoms in total. The Hall–Kier alpha value is -1.65. The van der Waals surface area contributed by atoms with Gasteiger partial charge in [-0.2, -0.15) is 0 Å². The number of hydrogen-bond acceptors (Lipinski definition) is 3. The van der Waals surface area contributed by atoms with Crippen molar-refractivity contribution < 1.29 is 4.79 Å². The summed E-state index contributed by atoms with van der Waals surface area (Å²) in [6.07, 6.45) is 7.58. The maximum Gasteiger partial charge on any atom is 0.240 e. The third-order valence-electron chi connectivity index (χ3n) is 5.66. The lowest BCUT2D eigenvalue weighted by atomic mass is 9.77. The maximum atomic E-state index is 13.2. The predicted molar refractivity (Wildman–Crippen MR) is 108 cm³/mol. The van der Waals surface area contributed by atoms with Crippen LogP contribution in [0.1, 0.15) is 38.7 Å². The number of amides is 1. The van der Waals surface area contributed by atoms with Crippen LogP contribution in [-0.2, 0) is 4.79 Å². The highest BCUT2D eigenvalue weighted by atomic mass is 16.2. The number of hydrogen-bond donors (Lipinski definition) is 2. The molecule has 2 fully saturated rings. The molecule has 3 rings (SSSR count). The predicted octanol–water partition coefficient (Wildman–Crippen LogP) is 2.92. The smallest absolute Gasteiger partial charge is 0.240 e. The molecule has 2 aliphatic heterocycles. The normalized spacial score (nSPS) is 22.3. The van der Waals surface area contributed by atoms with Gasteiger partial charge in [0.1, 0.15) is 0 Å². The summed E-state index contributed by atoms with van der Waals surface area (Å²) in [5.74, 6) is 0.741. The highest BCUT2D eigenvalue weighted by Crippen LogP contribution is 2.37. The van der Waals surface area contributed by atoms with E-state index >= 15 is 0 Å². The largest absolute Gasteiger partial charge is 0.337 e. The summed E-state index contributed by atoms with van der Waals surface area (Å²) in [4.78, 5) is 15.2. The molecule has 4 heteroatoms. The molecule has 2 N–H and O–H groups in total. The summed E-state index contributed by atoms with van der Waals surface area (Å²) in [7, 11) is 0. The van der Waals surface area contributed by atoms with Gasteiger partial charge in [0.05, 0.1) is 6.04 Å². The van der Waals surface area contributed by atoms with Crippen molar-refractivity contribution in [3.63, 3.8) is 0 Å². The quantitative estimate of drug-likeness (QED) is 0.825. The molecule has 1 amide bonds. The summed E-state index contributed by atoms with van der Waals surface area (Å²) >= 11 is 0. The van der Waals surface area contributed by atoms with Gasteiger partial charge in [-0.05, 0) is 49.2 Å². The van der Waals surface area contributed by atoms with Gasteiger partial charge < -0.3 is 15.5 Å². The van der Waals surface area contributed by atoms with Crippen molar-refractivity contribution in [2.75, 3.05) is 32.7 Å². The first kappa shape index (κ1) is 19.1. The number of carbonyl (C=O) groups is 1. The van der Waals surface area contributed by atoms with Crippen LogP contribution in [0.4, 0.5) is 0 Å². The van der Waals surface area contributed by atoms with Crippen LogP contribution in [0.3, 0.4) is 0 Å². The molecule has 0 bridgehead atoms. The average Bonchev–Trinajstić information content (AvgIpc) is 3.05. The Labute approximate surface area is 158 Å². The minimum Gasteiger partial charge on any atom is -0.337 e. The first-order valence-electron chi connectivity index (χ1n) is 10.0. The van der Waals surface area contributed by atoms with E-state index in [-0.39, 0.29) is 11.9 Å². The van der Waals surface area contributed by atoms with Crippen LogP contribution >= 0.6 is 0 Å². The molecule has 2 aliphatic rings. The lowest BCUT2D eigenvalue weighted by Gasteiger charge is -2.33. The number of rotatable bonds is 6. The van der Waals surface area contributed by atoms with Crippen molar-refractivity contribution in [2.24, 2.45) is 11.3 Å². The van der Waals surface area contributed by atoms with E-state index in [4.69, 9.17) is 0 Å². The molecular weight excluding hydrogens is 322 g/mol. The van der Waals surface area contributed by atoms with Crippen LogP contribution in [0, 0.1) is 11.3 Å². The first-order chi connectivity index (χ1) is 12.6. The van der Waals surface area contributed by atoms with Crippen molar-refractivity contribution in [3.8, 4) is 0 Å². The monoisotopic (exact) mass is 355 g/mol. The Morgan fingerprint density at radius 3 is 2.69 bits per heavy atom. The molecule has 2 saturated heterocycles. The molecular formula is C22H33N3O. The summed E-state index contributed by atoms with van der Waals surface area (Å²) < 4.78 is 0. The summed E-state index contributed by atoms with van der Waals surface area (Å²) in [5, 5.41) is 6.98. The van der Waals surface area contributed by atoms with Crippen molar-refractivity contribution in [2.45, 2.75) is 39.2 Å². The Bertz CT molecular complexity index is 605. The fourth-order valence-electron chi connectivity index (χ4n) is 4.23. The van der Waals surface area contributed by atoms with Gasteiger partial charge in [0.25, 0.3) is 0 Å². The van der Waals surface area contributed by atoms with Crippen LogP contribution in [0.5, 0.6) is 0 Å². The van der Waals surface area contributed by atoms with Crippen LogP contribution in [0.25, 0.3) is 6.08 Å². The second-order valence-electron chi connectivity index (χ2n) is 8.34. The molecule has 1 spiro atoms. The van der Waals surface area contributed by atoms with E-state index in [1.54, 1.807) is 0 Å². The zero-order chi connectivity index (χ0) is 18.4. The van der Waals surface area contributed by atoms with Crippen LogP contribution in [-0.4, -0.2) is 49.6 Å². The van der Waals surface area contributed by atoms with E-state index < -0.39 is 0 Å². The Kier molecular flexibility index (Phi) is 6.49. The number of benzene rings is 1. The van der Waals surface area contributed by atoms with Gasteiger partial charge in [0.2, 0.25) is 5.91 Å².